The molecule has 0 saturated heterocycles. The maximum absolute atomic E-state index is 11.9. The van der Waals surface area contributed by atoms with Crippen molar-refractivity contribution in [3.05, 3.63) is 12.4 Å². The van der Waals surface area contributed by atoms with Crippen LogP contribution in [0.25, 0.3) is 0 Å². The Labute approximate surface area is 88.7 Å². The number of rotatable bonds is 4. The van der Waals surface area contributed by atoms with E-state index in [2.05, 4.69) is 20.7 Å². The third-order valence-corrected chi connectivity index (χ3v) is 1.64. The quantitative estimate of drug-likeness (QED) is 0.438. The topological polar surface area (TPSA) is 96.1 Å². The van der Waals surface area contributed by atoms with Crippen LogP contribution in [0.4, 0.5) is 24.8 Å². The Kier molecular flexibility index (Phi) is 3.85. The molecule has 90 valence electrons. The zero-order valence-electron chi connectivity index (χ0n) is 7.99. The van der Waals surface area contributed by atoms with Crippen LogP contribution in [-0.4, -0.2) is 33.9 Å². The molecule has 1 heterocycles. The van der Waals surface area contributed by atoms with Crippen LogP contribution in [0, 0.1) is 0 Å². The van der Waals surface area contributed by atoms with Crippen LogP contribution >= 0.6 is 0 Å². The van der Waals surface area contributed by atoms with Gasteiger partial charge in [0.2, 0.25) is 0 Å². The van der Waals surface area contributed by atoms with Gasteiger partial charge in [0.25, 0.3) is 0 Å². The summed E-state index contributed by atoms with van der Waals surface area (Å²) >= 11 is 0. The second-order valence-electron chi connectivity index (χ2n) is 2.87. The van der Waals surface area contributed by atoms with Crippen LogP contribution in [-0.2, 0) is 0 Å². The number of halogens is 3. The molecule has 1 atom stereocenters. The van der Waals surface area contributed by atoms with E-state index in [1.807, 2.05) is 0 Å². The van der Waals surface area contributed by atoms with Crippen LogP contribution in [0.2, 0.25) is 0 Å². The molecule has 0 bridgehead atoms. The Morgan fingerprint density at radius 3 is 2.56 bits per heavy atom. The molecular weight excluding hydrogens is 227 g/mol. The molecule has 0 spiro atoms. The van der Waals surface area contributed by atoms with Gasteiger partial charge in [-0.2, -0.15) is 13.2 Å². The molecule has 1 unspecified atom stereocenters. The van der Waals surface area contributed by atoms with Crippen molar-refractivity contribution in [2.75, 3.05) is 17.3 Å². The SMILES string of the molecule is NNc1cncc(NCC(O)C(F)(F)F)n1. The van der Waals surface area contributed by atoms with E-state index in [0.717, 1.165) is 0 Å². The first kappa shape index (κ1) is 12.5. The van der Waals surface area contributed by atoms with E-state index in [9.17, 15) is 13.2 Å². The maximum atomic E-state index is 11.9. The molecule has 0 aromatic carbocycles. The van der Waals surface area contributed by atoms with Gasteiger partial charge in [0, 0.05) is 0 Å². The minimum absolute atomic E-state index is 0.0822. The second-order valence-corrected chi connectivity index (χ2v) is 2.87. The van der Waals surface area contributed by atoms with Crippen molar-refractivity contribution in [1.82, 2.24) is 9.97 Å². The van der Waals surface area contributed by atoms with Crippen molar-refractivity contribution in [3.8, 4) is 0 Å². The van der Waals surface area contributed by atoms with Gasteiger partial charge in [-0.25, -0.2) is 10.8 Å². The molecule has 9 heteroatoms. The number of hydrogen-bond donors (Lipinski definition) is 4. The first-order valence-corrected chi connectivity index (χ1v) is 4.21. The third-order valence-electron chi connectivity index (χ3n) is 1.64. The van der Waals surface area contributed by atoms with Crippen LogP contribution in [0.5, 0.6) is 0 Å². The fourth-order valence-electron chi connectivity index (χ4n) is 0.838. The number of nitrogens with two attached hydrogens (primary N) is 1. The summed E-state index contributed by atoms with van der Waals surface area (Å²) in [6, 6.07) is 0. The van der Waals surface area contributed by atoms with Gasteiger partial charge in [0.1, 0.15) is 5.82 Å². The van der Waals surface area contributed by atoms with Crippen molar-refractivity contribution >= 4 is 11.6 Å². The van der Waals surface area contributed by atoms with Gasteiger partial charge in [0.05, 0.1) is 18.9 Å². The van der Waals surface area contributed by atoms with Crippen molar-refractivity contribution in [1.29, 1.82) is 0 Å². The van der Waals surface area contributed by atoms with Gasteiger partial charge in [-0.05, 0) is 0 Å². The summed E-state index contributed by atoms with van der Waals surface area (Å²) in [5.74, 6) is 5.32. The number of nitrogens with one attached hydrogen (secondary N) is 2. The molecule has 1 aromatic heterocycles. The van der Waals surface area contributed by atoms with Crippen LogP contribution in [0.15, 0.2) is 12.4 Å². The molecule has 5 N–H and O–H groups in total. The lowest BCUT2D eigenvalue weighted by atomic mass is 10.3. The van der Waals surface area contributed by atoms with E-state index in [4.69, 9.17) is 10.9 Å². The molecule has 1 aromatic rings. The molecule has 1 rings (SSSR count). The molecule has 0 radical (unpaired) electrons. The lowest BCUT2D eigenvalue weighted by molar-refractivity contribution is -0.198. The highest BCUT2D eigenvalue weighted by Gasteiger charge is 2.37. The van der Waals surface area contributed by atoms with E-state index in [0.29, 0.717) is 0 Å². The maximum Gasteiger partial charge on any atom is 0.416 e. The van der Waals surface area contributed by atoms with E-state index in [1.165, 1.54) is 12.4 Å². The first-order chi connectivity index (χ1) is 7.43. The van der Waals surface area contributed by atoms with Crippen LogP contribution < -0.4 is 16.6 Å². The average Bonchev–Trinajstić information content (AvgIpc) is 2.25. The lowest BCUT2D eigenvalue weighted by Gasteiger charge is -2.15. The zero-order valence-corrected chi connectivity index (χ0v) is 7.99. The number of anilines is 2. The Morgan fingerprint density at radius 1 is 1.38 bits per heavy atom. The number of nitrogens with zero attached hydrogens (tertiary/aromatic N) is 2. The Bertz CT molecular complexity index is 345. The summed E-state index contributed by atoms with van der Waals surface area (Å²) in [5, 5.41) is 11.0. The Balaban J connectivity index is 2.54. The van der Waals surface area contributed by atoms with E-state index in [1.54, 1.807) is 0 Å². The zero-order chi connectivity index (χ0) is 12.2. The molecular formula is C7H10F3N5O. The number of hydrogen-bond acceptors (Lipinski definition) is 6. The van der Waals surface area contributed by atoms with Gasteiger partial charge >= 0.3 is 6.18 Å². The molecule has 6 nitrogen and oxygen atoms in total. The molecule has 0 fully saturated rings. The first-order valence-electron chi connectivity index (χ1n) is 4.21. The highest BCUT2D eigenvalue weighted by Crippen LogP contribution is 2.20. The van der Waals surface area contributed by atoms with Gasteiger partial charge in [-0.15, -0.1) is 0 Å². The molecule has 0 aliphatic heterocycles. The molecule has 0 amide bonds. The van der Waals surface area contributed by atoms with E-state index in [-0.39, 0.29) is 11.6 Å². The number of aliphatic hydroxyl groups excluding tert-OH is 1. The van der Waals surface area contributed by atoms with Crippen LogP contribution in [0.3, 0.4) is 0 Å². The predicted molar refractivity (Wildman–Crippen MR) is 50.4 cm³/mol. The van der Waals surface area contributed by atoms with Gasteiger partial charge in [-0.3, -0.25) is 4.98 Å². The molecule has 16 heavy (non-hydrogen) atoms. The lowest BCUT2D eigenvalue weighted by Crippen LogP contribution is -2.35. The number of hydrazine groups is 1. The Hall–Kier alpha value is -1.61. The van der Waals surface area contributed by atoms with E-state index >= 15 is 0 Å². The van der Waals surface area contributed by atoms with Crippen molar-refractivity contribution < 1.29 is 18.3 Å². The monoisotopic (exact) mass is 237 g/mol. The largest absolute Gasteiger partial charge is 0.416 e. The van der Waals surface area contributed by atoms with Crippen molar-refractivity contribution in [3.63, 3.8) is 0 Å². The van der Waals surface area contributed by atoms with Gasteiger partial charge < -0.3 is 15.8 Å². The molecule has 0 saturated carbocycles. The van der Waals surface area contributed by atoms with Crippen LogP contribution in [0.1, 0.15) is 0 Å². The fraction of sp³-hybridized carbons (Fsp3) is 0.429. The number of aromatic nitrogens is 2. The summed E-state index contributed by atoms with van der Waals surface area (Å²) in [4.78, 5) is 7.42. The highest BCUT2D eigenvalue weighted by atomic mass is 19.4. The average molecular weight is 237 g/mol. The van der Waals surface area contributed by atoms with E-state index < -0.39 is 18.8 Å². The summed E-state index contributed by atoms with van der Waals surface area (Å²) in [6.07, 6.45) is -4.61. The number of aliphatic hydroxyl groups is 1. The Morgan fingerprint density at radius 2 is 2.00 bits per heavy atom. The van der Waals surface area contributed by atoms with Gasteiger partial charge in [0.15, 0.2) is 11.9 Å². The summed E-state index contributed by atoms with van der Waals surface area (Å²) in [7, 11) is 0. The number of nitrogen functional groups attached to an aromatic ring is 1. The smallest absolute Gasteiger partial charge is 0.382 e. The normalized spacial score (nSPS) is 13.3. The second kappa shape index (κ2) is 4.94. The standard InChI is InChI=1S/C7H10F3N5O/c8-7(9,10)4(16)1-13-5-2-12-3-6(14-5)15-11/h2-4,16H,1,11H2,(H2,13,14,15). The summed E-state index contributed by atoms with van der Waals surface area (Å²) in [6.45, 7) is -0.702. The third kappa shape index (κ3) is 3.51. The highest BCUT2D eigenvalue weighted by molar-refractivity contribution is 5.40. The van der Waals surface area contributed by atoms with Crippen molar-refractivity contribution in [2.24, 2.45) is 5.84 Å². The molecule has 0 aliphatic rings. The van der Waals surface area contributed by atoms with Gasteiger partial charge in [-0.1, -0.05) is 0 Å². The summed E-state index contributed by atoms with van der Waals surface area (Å²) in [5.41, 5.74) is 2.19. The number of alkyl halides is 3. The minimum atomic E-state index is -4.66. The minimum Gasteiger partial charge on any atom is -0.382 e. The molecule has 0 aliphatic carbocycles. The predicted octanol–water partition coefficient (Wildman–Crippen LogP) is 0.0973. The fourth-order valence-corrected chi connectivity index (χ4v) is 0.838. The summed E-state index contributed by atoms with van der Waals surface area (Å²) < 4.78 is 35.8. The van der Waals surface area contributed by atoms with Crippen molar-refractivity contribution in [2.45, 2.75) is 12.3 Å².